The van der Waals surface area contributed by atoms with E-state index in [1.165, 1.54) is 12.3 Å². The standard InChI is InChI=1S/C9H8N4O2/c1-5-2-3-10-13-8(5)6-4-7(14)12-9(15)11-6/h2-4H,1H3,(H2,11,12,14,15)/i1D3. The predicted octanol–water partition coefficient (Wildman–Crippen LogP) is -0.171. The maximum Gasteiger partial charge on any atom is 0.326 e. The van der Waals surface area contributed by atoms with E-state index >= 15 is 0 Å². The van der Waals surface area contributed by atoms with Gasteiger partial charge in [-0.05, 0) is 18.5 Å². The fraction of sp³-hybridized carbons (Fsp3) is 0.111. The minimum atomic E-state index is -2.41. The van der Waals surface area contributed by atoms with E-state index in [-0.39, 0.29) is 17.0 Å². The van der Waals surface area contributed by atoms with Crippen molar-refractivity contribution in [2.75, 3.05) is 0 Å². The zero-order chi connectivity index (χ0) is 13.3. The summed E-state index contributed by atoms with van der Waals surface area (Å²) in [5, 5.41) is 7.22. The number of rotatable bonds is 1. The maximum absolute atomic E-state index is 11.2. The fourth-order valence-electron chi connectivity index (χ4n) is 1.13. The molecule has 2 rings (SSSR count). The van der Waals surface area contributed by atoms with Crippen LogP contribution < -0.4 is 11.2 Å². The van der Waals surface area contributed by atoms with Crippen LogP contribution in [0, 0.1) is 6.85 Å². The van der Waals surface area contributed by atoms with Gasteiger partial charge in [0.15, 0.2) is 0 Å². The molecule has 0 bridgehead atoms. The number of H-pyrrole nitrogens is 2. The van der Waals surface area contributed by atoms with Gasteiger partial charge in [-0.2, -0.15) is 5.10 Å². The van der Waals surface area contributed by atoms with Crippen molar-refractivity contribution in [2.24, 2.45) is 0 Å². The molecule has 2 heterocycles. The minimum absolute atomic E-state index is 0.0166. The number of aromatic amines is 2. The van der Waals surface area contributed by atoms with Crippen molar-refractivity contribution in [3.8, 4) is 11.4 Å². The average molecular weight is 207 g/mol. The highest BCUT2D eigenvalue weighted by molar-refractivity contribution is 5.56. The Morgan fingerprint density at radius 3 is 3.00 bits per heavy atom. The van der Waals surface area contributed by atoms with Gasteiger partial charge in [-0.25, -0.2) is 4.79 Å². The second-order valence-corrected chi connectivity index (χ2v) is 2.79. The van der Waals surface area contributed by atoms with Crippen LogP contribution in [0.3, 0.4) is 0 Å². The molecule has 0 aliphatic carbocycles. The Bertz CT molecular complexity index is 661. The van der Waals surface area contributed by atoms with E-state index in [1.807, 2.05) is 4.98 Å². The quantitative estimate of drug-likeness (QED) is 0.679. The van der Waals surface area contributed by atoms with Crippen LogP contribution in [0.5, 0.6) is 0 Å². The van der Waals surface area contributed by atoms with Gasteiger partial charge in [0.1, 0.15) is 5.69 Å². The molecule has 0 aliphatic rings. The third-order valence-electron chi connectivity index (χ3n) is 1.74. The topological polar surface area (TPSA) is 91.5 Å². The Kier molecular flexibility index (Phi) is 1.46. The molecule has 6 heteroatoms. The number of hydrogen-bond acceptors (Lipinski definition) is 4. The largest absolute Gasteiger partial charge is 0.326 e. The first-order valence-electron chi connectivity index (χ1n) is 5.54. The van der Waals surface area contributed by atoms with Gasteiger partial charge in [-0.15, -0.1) is 5.10 Å². The molecule has 0 saturated heterocycles. The molecule has 0 fully saturated rings. The van der Waals surface area contributed by atoms with Gasteiger partial charge in [0.05, 0.1) is 5.69 Å². The third-order valence-corrected chi connectivity index (χ3v) is 1.74. The Labute approximate surface area is 88.2 Å². The van der Waals surface area contributed by atoms with E-state index in [9.17, 15) is 9.59 Å². The van der Waals surface area contributed by atoms with Crippen LogP contribution in [-0.2, 0) is 0 Å². The second-order valence-electron chi connectivity index (χ2n) is 2.79. The van der Waals surface area contributed by atoms with E-state index in [0.717, 1.165) is 6.07 Å². The Morgan fingerprint density at radius 2 is 2.27 bits per heavy atom. The van der Waals surface area contributed by atoms with Gasteiger partial charge in [0.25, 0.3) is 5.56 Å². The zero-order valence-electron chi connectivity index (χ0n) is 10.4. The molecule has 2 N–H and O–H groups in total. The van der Waals surface area contributed by atoms with Crippen molar-refractivity contribution in [2.45, 2.75) is 6.85 Å². The average Bonchev–Trinajstić information content (AvgIpc) is 2.26. The lowest BCUT2D eigenvalue weighted by Gasteiger charge is -2.01. The van der Waals surface area contributed by atoms with Gasteiger partial charge in [-0.3, -0.25) is 9.78 Å². The molecule has 0 spiro atoms. The molecule has 2 aromatic heterocycles. The summed E-state index contributed by atoms with van der Waals surface area (Å²) in [6, 6.07) is 2.33. The predicted molar refractivity (Wildman–Crippen MR) is 53.4 cm³/mol. The molecular formula is C9H8N4O2. The molecule has 76 valence electrons. The van der Waals surface area contributed by atoms with Gasteiger partial charge >= 0.3 is 5.69 Å². The summed E-state index contributed by atoms with van der Waals surface area (Å²) in [5.41, 5.74) is -1.49. The molecule has 0 aromatic carbocycles. The molecule has 6 nitrogen and oxygen atoms in total. The van der Waals surface area contributed by atoms with E-state index < -0.39 is 18.1 Å². The lowest BCUT2D eigenvalue weighted by atomic mass is 10.2. The van der Waals surface area contributed by atoms with Crippen molar-refractivity contribution in [1.29, 1.82) is 0 Å². The number of nitrogens with one attached hydrogen (secondary N) is 2. The van der Waals surface area contributed by atoms with Crippen LogP contribution in [0.1, 0.15) is 9.68 Å². The van der Waals surface area contributed by atoms with E-state index in [2.05, 4.69) is 15.2 Å². The summed E-state index contributed by atoms with van der Waals surface area (Å²) in [6.45, 7) is -2.41. The summed E-state index contributed by atoms with van der Waals surface area (Å²) >= 11 is 0. The van der Waals surface area contributed by atoms with Gasteiger partial charge in [0.2, 0.25) is 0 Å². The molecule has 0 amide bonds. The van der Waals surface area contributed by atoms with Gasteiger partial charge < -0.3 is 4.98 Å². The monoisotopic (exact) mass is 207 g/mol. The van der Waals surface area contributed by atoms with Gasteiger partial charge in [0, 0.05) is 16.4 Å². The molecule has 0 atom stereocenters. The molecule has 0 unspecified atom stereocenters. The first-order chi connectivity index (χ1) is 8.38. The van der Waals surface area contributed by atoms with Crippen LogP contribution >= 0.6 is 0 Å². The van der Waals surface area contributed by atoms with Gasteiger partial charge in [-0.1, -0.05) is 0 Å². The summed E-state index contributed by atoms with van der Waals surface area (Å²) in [5.74, 6) is 0. The second kappa shape index (κ2) is 3.49. The molecule has 0 radical (unpaired) electrons. The highest BCUT2D eigenvalue weighted by atomic mass is 16.2. The normalized spacial score (nSPS) is 14.0. The third kappa shape index (κ3) is 1.83. The molecule has 0 aliphatic heterocycles. The van der Waals surface area contributed by atoms with Crippen molar-refractivity contribution in [1.82, 2.24) is 20.2 Å². The molecular weight excluding hydrogens is 196 g/mol. The first kappa shape index (κ1) is 6.28. The Balaban J connectivity index is 2.72. The number of hydrogen-bond donors (Lipinski definition) is 2. The SMILES string of the molecule is [2H]C([2H])([2H])c1ccnnc1-c1cc(=O)[nH]c(=O)[nH]1. The molecule has 0 saturated carbocycles. The van der Waals surface area contributed by atoms with Crippen molar-refractivity contribution >= 4 is 0 Å². The molecule has 15 heavy (non-hydrogen) atoms. The van der Waals surface area contributed by atoms with Crippen LogP contribution in [0.4, 0.5) is 0 Å². The Morgan fingerprint density at radius 1 is 1.40 bits per heavy atom. The number of nitrogens with zero attached hydrogens (tertiary/aromatic N) is 2. The smallest absolute Gasteiger partial charge is 0.305 e. The number of aryl methyl sites for hydroxylation is 1. The summed E-state index contributed by atoms with van der Waals surface area (Å²) in [7, 11) is 0. The highest BCUT2D eigenvalue weighted by Gasteiger charge is 2.05. The summed E-state index contributed by atoms with van der Waals surface area (Å²) in [6.07, 6.45) is 1.23. The fourth-order valence-corrected chi connectivity index (χ4v) is 1.13. The Hall–Kier alpha value is -2.24. The first-order valence-corrected chi connectivity index (χ1v) is 4.04. The minimum Gasteiger partial charge on any atom is -0.305 e. The van der Waals surface area contributed by atoms with E-state index in [1.54, 1.807) is 0 Å². The van der Waals surface area contributed by atoms with Crippen molar-refractivity contribution in [3.05, 3.63) is 44.7 Å². The zero-order valence-corrected chi connectivity index (χ0v) is 7.44. The summed E-state index contributed by atoms with van der Waals surface area (Å²) in [4.78, 5) is 26.6. The van der Waals surface area contributed by atoms with E-state index in [4.69, 9.17) is 4.11 Å². The van der Waals surface area contributed by atoms with Crippen LogP contribution in [0.15, 0.2) is 27.9 Å². The number of aromatic nitrogens is 4. The van der Waals surface area contributed by atoms with Crippen molar-refractivity contribution in [3.63, 3.8) is 0 Å². The van der Waals surface area contributed by atoms with Crippen LogP contribution in [-0.4, -0.2) is 20.2 Å². The highest BCUT2D eigenvalue weighted by Crippen LogP contribution is 2.13. The maximum atomic E-state index is 11.2. The lowest BCUT2D eigenvalue weighted by Crippen LogP contribution is -2.21. The summed E-state index contributed by atoms with van der Waals surface area (Å²) < 4.78 is 22.1. The van der Waals surface area contributed by atoms with Crippen molar-refractivity contribution < 1.29 is 4.11 Å². The van der Waals surface area contributed by atoms with Crippen LogP contribution in [0.2, 0.25) is 0 Å². The molecule has 2 aromatic rings. The van der Waals surface area contributed by atoms with Crippen LogP contribution in [0.25, 0.3) is 11.4 Å². The van der Waals surface area contributed by atoms with E-state index in [0.29, 0.717) is 0 Å². The lowest BCUT2D eigenvalue weighted by molar-refractivity contribution is 0.985.